The van der Waals surface area contributed by atoms with Crippen LogP contribution in [-0.4, -0.2) is 30.4 Å². The fourth-order valence-electron chi connectivity index (χ4n) is 3.09. The minimum absolute atomic E-state index is 0.219. The third kappa shape index (κ3) is 5.58. The minimum atomic E-state index is -1.04. The molecule has 0 bridgehead atoms. The van der Waals surface area contributed by atoms with Crippen LogP contribution in [0.2, 0.25) is 0 Å². The molecule has 0 spiro atoms. The summed E-state index contributed by atoms with van der Waals surface area (Å²) < 4.78 is 5.34. The molecule has 1 aromatic heterocycles. The number of ether oxygens (including phenoxy) is 1. The number of nitrogens with one attached hydrogen (secondary N) is 2. The van der Waals surface area contributed by atoms with Gasteiger partial charge in [0.1, 0.15) is 4.88 Å². The summed E-state index contributed by atoms with van der Waals surface area (Å²) in [5.41, 5.74) is 4.26. The molecule has 2 amide bonds. The van der Waals surface area contributed by atoms with Crippen LogP contribution in [0.15, 0.2) is 60.0 Å². The second kappa shape index (κ2) is 10.0. The summed E-state index contributed by atoms with van der Waals surface area (Å²) in [6, 6.07) is 17.1. The van der Waals surface area contributed by atoms with Crippen molar-refractivity contribution < 1.29 is 19.1 Å². The van der Waals surface area contributed by atoms with Crippen molar-refractivity contribution in [3.05, 3.63) is 76.0 Å². The molecular formula is C24H24N2O4S. The maximum atomic E-state index is 12.6. The fourth-order valence-corrected chi connectivity index (χ4v) is 3.88. The number of esters is 1. The minimum Gasteiger partial charge on any atom is -0.448 e. The average Bonchev–Trinajstić information content (AvgIpc) is 3.25. The molecule has 0 aliphatic rings. The summed E-state index contributed by atoms with van der Waals surface area (Å²) >= 11 is 1.26. The first-order valence-corrected chi connectivity index (χ1v) is 10.7. The van der Waals surface area contributed by atoms with Crippen molar-refractivity contribution in [3.8, 4) is 11.1 Å². The van der Waals surface area contributed by atoms with Gasteiger partial charge < -0.3 is 15.4 Å². The van der Waals surface area contributed by atoms with E-state index in [0.717, 1.165) is 27.9 Å². The Morgan fingerprint density at radius 3 is 2.32 bits per heavy atom. The summed E-state index contributed by atoms with van der Waals surface area (Å²) in [5, 5.41) is 7.12. The van der Waals surface area contributed by atoms with Crippen LogP contribution in [0.3, 0.4) is 0 Å². The van der Waals surface area contributed by atoms with Crippen molar-refractivity contribution in [2.75, 3.05) is 11.9 Å². The van der Waals surface area contributed by atoms with E-state index in [9.17, 15) is 14.4 Å². The topological polar surface area (TPSA) is 84.5 Å². The monoisotopic (exact) mass is 436 g/mol. The molecule has 3 aromatic rings. The Morgan fingerprint density at radius 1 is 0.968 bits per heavy atom. The van der Waals surface area contributed by atoms with Gasteiger partial charge in [0, 0.05) is 11.3 Å². The Morgan fingerprint density at radius 2 is 1.65 bits per heavy atom. The predicted molar refractivity (Wildman–Crippen MR) is 122 cm³/mol. The summed E-state index contributed by atoms with van der Waals surface area (Å²) in [7, 11) is 0. The van der Waals surface area contributed by atoms with Gasteiger partial charge in [-0.3, -0.25) is 9.59 Å². The van der Waals surface area contributed by atoms with Crippen LogP contribution in [0.25, 0.3) is 11.1 Å². The van der Waals surface area contributed by atoms with E-state index < -0.39 is 18.0 Å². The molecule has 7 heteroatoms. The number of anilines is 1. The molecule has 0 fully saturated rings. The summed E-state index contributed by atoms with van der Waals surface area (Å²) in [5.74, 6) is -1.46. The normalized spacial score (nSPS) is 11.5. The van der Waals surface area contributed by atoms with E-state index in [4.69, 9.17) is 4.74 Å². The Hall–Kier alpha value is -3.45. The zero-order chi connectivity index (χ0) is 22.4. The Bertz CT molecular complexity index is 1070. The van der Waals surface area contributed by atoms with Crippen molar-refractivity contribution in [3.63, 3.8) is 0 Å². The third-order valence-corrected chi connectivity index (χ3v) is 5.65. The van der Waals surface area contributed by atoms with E-state index in [1.807, 2.05) is 73.8 Å². The smallest absolute Gasteiger partial charge is 0.349 e. The average molecular weight is 437 g/mol. The number of hydrogen-bond acceptors (Lipinski definition) is 5. The third-order valence-electron chi connectivity index (χ3n) is 4.76. The molecule has 0 aliphatic carbocycles. The summed E-state index contributed by atoms with van der Waals surface area (Å²) in [6.45, 7) is 5.06. The number of aryl methyl sites for hydroxylation is 2. The summed E-state index contributed by atoms with van der Waals surface area (Å²) in [6.07, 6.45) is -1.04. The van der Waals surface area contributed by atoms with Gasteiger partial charge >= 0.3 is 5.97 Å². The second-order valence-electron chi connectivity index (χ2n) is 7.11. The van der Waals surface area contributed by atoms with Gasteiger partial charge in [0.25, 0.3) is 5.91 Å². The fraction of sp³-hybridized carbons (Fsp3) is 0.208. The van der Waals surface area contributed by atoms with Crippen molar-refractivity contribution in [2.24, 2.45) is 0 Å². The van der Waals surface area contributed by atoms with Crippen molar-refractivity contribution in [2.45, 2.75) is 26.9 Å². The number of rotatable bonds is 7. The maximum Gasteiger partial charge on any atom is 0.349 e. The molecule has 0 aliphatic heterocycles. The van der Waals surface area contributed by atoms with Gasteiger partial charge in [-0.1, -0.05) is 48.5 Å². The van der Waals surface area contributed by atoms with Gasteiger partial charge in [-0.25, -0.2) is 4.79 Å². The lowest BCUT2D eigenvalue weighted by Crippen LogP contribution is -2.40. The van der Waals surface area contributed by atoms with E-state index in [2.05, 4.69) is 10.6 Å². The molecule has 0 saturated carbocycles. The highest BCUT2D eigenvalue weighted by molar-refractivity contribution is 7.12. The van der Waals surface area contributed by atoms with Gasteiger partial charge in [-0.15, -0.1) is 11.3 Å². The van der Waals surface area contributed by atoms with Gasteiger partial charge in [0.2, 0.25) is 5.91 Å². The van der Waals surface area contributed by atoms with Crippen LogP contribution in [0.5, 0.6) is 0 Å². The van der Waals surface area contributed by atoms with Crippen LogP contribution >= 0.6 is 11.3 Å². The lowest BCUT2D eigenvalue weighted by molar-refractivity contribution is -0.130. The van der Waals surface area contributed by atoms with Crippen molar-refractivity contribution in [1.29, 1.82) is 0 Å². The molecule has 1 heterocycles. The molecule has 31 heavy (non-hydrogen) atoms. The number of carbonyl (C=O) groups is 3. The summed E-state index contributed by atoms with van der Waals surface area (Å²) in [4.78, 5) is 37.6. The highest BCUT2D eigenvalue weighted by atomic mass is 32.1. The van der Waals surface area contributed by atoms with Gasteiger partial charge in [0.15, 0.2) is 6.10 Å². The molecule has 160 valence electrons. The molecule has 6 nitrogen and oxygen atoms in total. The second-order valence-corrected chi connectivity index (χ2v) is 8.03. The quantitative estimate of drug-likeness (QED) is 0.540. The highest BCUT2D eigenvalue weighted by Crippen LogP contribution is 2.29. The standard InChI is InChI=1S/C24H24N2O4S/c1-15-8-7-9-16(2)21(15)26-20(27)14-25-23(28)17(3)30-24(29)22-19(12-13-31-22)18-10-5-4-6-11-18/h4-13,17H,14H2,1-3H3,(H,25,28)(H,26,27). The van der Waals surface area contributed by atoms with Crippen molar-refractivity contribution >= 4 is 34.8 Å². The van der Waals surface area contributed by atoms with E-state index in [-0.39, 0.29) is 12.5 Å². The Labute approximate surface area is 185 Å². The molecular weight excluding hydrogens is 412 g/mol. The molecule has 2 N–H and O–H groups in total. The highest BCUT2D eigenvalue weighted by Gasteiger charge is 2.22. The van der Waals surface area contributed by atoms with Gasteiger partial charge in [-0.2, -0.15) is 0 Å². The van der Waals surface area contributed by atoms with Crippen LogP contribution in [0.1, 0.15) is 27.7 Å². The molecule has 1 atom stereocenters. The molecule has 2 aromatic carbocycles. The van der Waals surface area contributed by atoms with Crippen molar-refractivity contribution in [1.82, 2.24) is 5.32 Å². The first kappa shape index (κ1) is 22.2. The SMILES string of the molecule is Cc1cccc(C)c1NC(=O)CNC(=O)C(C)OC(=O)c1sccc1-c1ccccc1. The molecule has 0 saturated heterocycles. The van der Waals surface area contributed by atoms with Gasteiger partial charge in [-0.05, 0) is 48.9 Å². The number of hydrogen-bond donors (Lipinski definition) is 2. The van der Waals surface area contributed by atoms with E-state index in [1.54, 1.807) is 0 Å². The van der Waals surface area contributed by atoms with E-state index in [0.29, 0.717) is 4.88 Å². The number of carbonyl (C=O) groups excluding carboxylic acids is 3. The lowest BCUT2D eigenvalue weighted by atomic mass is 10.1. The zero-order valence-corrected chi connectivity index (χ0v) is 18.4. The Kier molecular flexibility index (Phi) is 7.20. The van der Waals surface area contributed by atoms with Crippen LogP contribution < -0.4 is 10.6 Å². The lowest BCUT2D eigenvalue weighted by Gasteiger charge is -2.15. The number of para-hydroxylation sites is 1. The zero-order valence-electron chi connectivity index (χ0n) is 17.6. The maximum absolute atomic E-state index is 12.6. The molecule has 0 radical (unpaired) electrons. The Balaban J connectivity index is 1.55. The van der Waals surface area contributed by atoms with Gasteiger partial charge in [0.05, 0.1) is 6.54 Å². The first-order chi connectivity index (χ1) is 14.9. The van der Waals surface area contributed by atoms with E-state index in [1.165, 1.54) is 18.3 Å². The molecule has 3 rings (SSSR count). The van der Waals surface area contributed by atoms with Crippen LogP contribution in [-0.2, 0) is 14.3 Å². The number of benzene rings is 2. The largest absolute Gasteiger partial charge is 0.448 e. The first-order valence-electron chi connectivity index (χ1n) is 9.84. The number of thiophene rings is 1. The predicted octanol–water partition coefficient (Wildman–Crippen LogP) is 4.33. The van der Waals surface area contributed by atoms with Crippen LogP contribution in [0.4, 0.5) is 5.69 Å². The van der Waals surface area contributed by atoms with Crippen LogP contribution in [0, 0.1) is 13.8 Å². The molecule has 1 unspecified atom stereocenters. The number of amides is 2. The van der Waals surface area contributed by atoms with E-state index >= 15 is 0 Å².